The number of rotatable bonds is 34. The highest BCUT2D eigenvalue weighted by molar-refractivity contribution is 7.99. The van der Waals surface area contributed by atoms with Crippen LogP contribution in [0.1, 0.15) is 57.1 Å². The molecule has 94 heavy (non-hydrogen) atoms. The molecule has 29 heteroatoms. The van der Waals surface area contributed by atoms with Gasteiger partial charge < -0.3 is 31.3 Å². The Morgan fingerprint density at radius 2 is 1.20 bits per heavy atom. The number of carbonyl (C=O) groups is 6. The van der Waals surface area contributed by atoms with Crippen molar-refractivity contribution in [1.82, 2.24) is 25.9 Å². The van der Waals surface area contributed by atoms with E-state index in [1.54, 1.807) is 49.0 Å². The van der Waals surface area contributed by atoms with Gasteiger partial charge in [0.15, 0.2) is 0 Å². The van der Waals surface area contributed by atoms with E-state index < -0.39 is 97.8 Å². The molecule has 0 saturated carbocycles. The lowest BCUT2D eigenvalue weighted by Crippen LogP contribution is -2.45. The summed E-state index contributed by atoms with van der Waals surface area (Å²) < 4.78 is 69.1. The Bertz CT molecular complexity index is 4380. The topological polar surface area (TPSA) is 358 Å². The van der Waals surface area contributed by atoms with E-state index in [4.69, 9.17) is 15.0 Å². The van der Waals surface area contributed by atoms with Crippen LogP contribution in [0.25, 0.3) is 41.6 Å². The van der Waals surface area contributed by atoms with Gasteiger partial charge in [0.05, 0.1) is 98.1 Å². The summed E-state index contributed by atoms with van der Waals surface area (Å²) in [6.07, 6.45) is 0.245. The Morgan fingerprint density at radius 1 is 0.574 bits per heavy atom. The minimum absolute atomic E-state index is 0.0258. The van der Waals surface area contributed by atoms with Crippen molar-refractivity contribution in [3.8, 4) is 21.1 Å². The minimum Gasteiger partial charge on any atom is -0.481 e. The highest BCUT2D eigenvalue weighted by Gasteiger charge is 2.43. The molecule has 0 radical (unpaired) electrons. The van der Waals surface area contributed by atoms with Gasteiger partial charge in [0.25, 0.3) is 20.2 Å². The van der Waals surface area contributed by atoms with Crippen molar-refractivity contribution in [3.05, 3.63) is 143 Å². The lowest BCUT2D eigenvalue weighted by atomic mass is 9.74. The molecular formula is C65H71N7O15S7. The van der Waals surface area contributed by atoms with Crippen molar-refractivity contribution in [3.63, 3.8) is 0 Å². The maximum Gasteiger partial charge on any atom is 0.307 e. The molecule has 4 aromatic carbocycles. The van der Waals surface area contributed by atoms with Crippen LogP contribution in [0.5, 0.6) is 0 Å². The fourth-order valence-corrected chi connectivity index (χ4v) is 15.8. The highest BCUT2D eigenvalue weighted by Crippen LogP contribution is 2.36. The summed E-state index contributed by atoms with van der Waals surface area (Å²) in [6, 6.07) is 34.2. The van der Waals surface area contributed by atoms with Crippen molar-refractivity contribution >= 4 is 146 Å². The fraction of sp³-hybridized carbons (Fsp3) is 0.354. The van der Waals surface area contributed by atoms with Crippen molar-refractivity contribution < 1.29 is 70.0 Å². The quantitative estimate of drug-likeness (QED) is 0.00784. The molecule has 6 unspecified atom stereocenters. The maximum absolute atomic E-state index is 14.5. The molecule has 3 amide bonds. The number of hydrogen-bond acceptors (Lipinski definition) is 19. The van der Waals surface area contributed by atoms with Gasteiger partial charge in [-0.25, -0.2) is 20.0 Å². The van der Waals surface area contributed by atoms with Gasteiger partial charge in [-0.05, 0) is 146 Å². The van der Waals surface area contributed by atoms with E-state index in [0.717, 1.165) is 41.3 Å². The number of fused-ring (bicyclic) bond motifs is 4. The Balaban J connectivity index is 0.905. The van der Waals surface area contributed by atoms with Gasteiger partial charge in [-0.1, -0.05) is 56.7 Å². The summed E-state index contributed by atoms with van der Waals surface area (Å²) in [6.45, 7) is 3.45. The Labute approximate surface area is 565 Å². The van der Waals surface area contributed by atoms with Gasteiger partial charge in [0.1, 0.15) is 4.90 Å². The second-order valence-corrected chi connectivity index (χ2v) is 30.1. The Morgan fingerprint density at radius 3 is 1.89 bits per heavy atom. The van der Waals surface area contributed by atoms with Crippen LogP contribution in [-0.2, 0) is 61.8 Å². The molecule has 8 N–H and O–H groups in total. The molecule has 498 valence electrons. The standard InChI is InChI=1S/C65H71N7O15S7/c1-3-9-46(64(78)79)47(62(75)66-24-27-88)36-48(65(80)81)45(61(74)68-26-31-90-29-23-40-33-54-58(91-55-14-6-4-12-49(55)71-54)37-52(40)70-41-10-8-11-43(34-41)93(82,83)84)19-18-44(63(76)77)38(2)60(73)67-25-30-89-28-22-39-16-21-56-53(32-39)72-50-20-17-42(35-57(50)92-56)69-51-13-5-7-15-59(51)94(85,86)87/h4-8,10-17,20-21,32-35,37-38,44-48,88H,3,9,18-19,22-31,36H2,1-2H3,(H,66,75)(H,67,73)(H,68,74)(H,76,77)(H,78,79)(H,80,81)(H,82,83,84)(H,85,86,87)/b69-42-,70-52+. The molecule has 2 aliphatic carbocycles. The monoisotopic (exact) mass is 1410 g/mol. The van der Waals surface area contributed by atoms with E-state index in [2.05, 4.69) is 33.6 Å². The first kappa shape index (κ1) is 72.5. The first-order valence-corrected chi connectivity index (χ1v) is 37.5. The molecule has 0 bridgehead atoms. The zero-order valence-corrected chi connectivity index (χ0v) is 56.9. The highest BCUT2D eigenvalue weighted by atomic mass is 32.2. The molecule has 2 heterocycles. The van der Waals surface area contributed by atoms with Crippen LogP contribution in [0, 0.1) is 35.5 Å². The third-order valence-corrected chi connectivity index (χ3v) is 21.9. The van der Waals surface area contributed by atoms with Crippen molar-refractivity contribution in [2.75, 3.05) is 48.4 Å². The lowest BCUT2D eigenvalue weighted by Gasteiger charge is -2.30. The van der Waals surface area contributed by atoms with Gasteiger partial charge in [-0.15, -0.1) is 22.7 Å². The number of aryl methyl sites for hydroxylation is 2. The molecule has 6 atom stereocenters. The van der Waals surface area contributed by atoms with Crippen LogP contribution in [0.3, 0.4) is 0 Å². The van der Waals surface area contributed by atoms with E-state index in [9.17, 15) is 70.0 Å². The number of benzene rings is 6. The average molecular weight is 1410 g/mol. The third-order valence-electron chi connectivity index (χ3n) is 15.7. The second-order valence-electron chi connectivity index (χ2n) is 22.2. The molecule has 0 aromatic heterocycles. The van der Waals surface area contributed by atoms with Crippen LogP contribution in [0.2, 0.25) is 0 Å². The number of nitrogens with one attached hydrogen (secondary N) is 3. The van der Waals surface area contributed by atoms with Crippen LogP contribution < -0.4 is 26.7 Å². The van der Waals surface area contributed by atoms with Gasteiger partial charge in [0, 0.05) is 42.8 Å². The molecule has 8 rings (SSSR count). The van der Waals surface area contributed by atoms with E-state index in [0.29, 0.717) is 64.4 Å². The number of hydrogen-bond donors (Lipinski definition) is 9. The number of thiol groups is 1. The number of para-hydroxylation sites is 2. The minimum atomic E-state index is -4.51. The number of thioether (sulfide) groups is 2. The summed E-state index contributed by atoms with van der Waals surface area (Å²) in [7, 11) is -9.00. The SMILES string of the molecule is CCCC(C(=O)O)C(CC(C(=O)O)C(CCC(C(=O)O)C(C)C(=O)NCCSCCc1ccc2sc3c/c(=N\c4ccccc4S(=O)(=O)O)ccc-3nc2c1)C(=O)NCCSCCc1cc2nc3ccccc3sc-2c/c1=N\c1cccc(S(=O)(=O)O)c1)C(=O)NCCS. The van der Waals surface area contributed by atoms with Gasteiger partial charge in [-0.3, -0.25) is 37.9 Å². The molecule has 22 nitrogen and oxygen atoms in total. The largest absolute Gasteiger partial charge is 0.481 e. The van der Waals surface area contributed by atoms with E-state index in [-0.39, 0.29) is 65.8 Å². The fourth-order valence-electron chi connectivity index (χ4n) is 10.9. The zero-order valence-electron chi connectivity index (χ0n) is 51.1. The van der Waals surface area contributed by atoms with E-state index in [1.807, 2.05) is 54.6 Å². The first-order chi connectivity index (χ1) is 44.9. The number of carbonyl (C=O) groups excluding carboxylic acids is 3. The normalized spacial score (nSPS) is 14.3. The van der Waals surface area contributed by atoms with E-state index >= 15 is 0 Å². The van der Waals surface area contributed by atoms with Crippen LogP contribution in [0.15, 0.2) is 141 Å². The molecular weight excluding hydrogens is 1340 g/mol. The van der Waals surface area contributed by atoms with Gasteiger partial charge >= 0.3 is 17.9 Å². The van der Waals surface area contributed by atoms with Crippen molar-refractivity contribution in [2.24, 2.45) is 45.5 Å². The molecule has 0 saturated heterocycles. The van der Waals surface area contributed by atoms with Crippen molar-refractivity contribution in [1.29, 1.82) is 0 Å². The Kier molecular flexibility index (Phi) is 26.1. The molecule has 0 fully saturated rings. The van der Waals surface area contributed by atoms with Crippen LogP contribution >= 0.6 is 58.8 Å². The summed E-state index contributed by atoms with van der Waals surface area (Å²) >= 11 is 10.2. The van der Waals surface area contributed by atoms with Crippen LogP contribution in [-0.4, -0.2) is 135 Å². The number of aliphatic carboxylic acids is 3. The first-order valence-electron chi connectivity index (χ1n) is 30.1. The van der Waals surface area contributed by atoms with Gasteiger partial charge in [-0.2, -0.15) is 53.0 Å². The predicted molar refractivity (Wildman–Crippen MR) is 369 cm³/mol. The van der Waals surface area contributed by atoms with Gasteiger partial charge in [0.2, 0.25) is 17.7 Å². The Hall–Kier alpha value is -7.35. The predicted octanol–water partition coefficient (Wildman–Crippen LogP) is 9.55. The number of nitrogens with zero attached hydrogens (tertiary/aromatic N) is 4. The van der Waals surface area contributed by atoms with E-state index in [1.165, 1.54) is 77.8 Å². The summed E-state index contributed by atoms with van der Waals surface area (Å²) in [5, 5.41) is 41.1. The number of carboxylic acid groups (broad SMARTS) is 3. The number of amides is 3. The molecule has 0 spiro atoms. The van der Waals surface area contributed by atoms with Crippen LogP contribution in [0.4, 0.5) is 11.4 Å². The summed E-state index contributed by atoms with van der Waals surface area (Å²) in [5.41, 5.74) is 5.18. The number of aromatic nitrogens is 2. The molecule has 2 aliphatic heterocycles. The van der Waals surface area contributed by atoms with Crippen molar-refractivity contribution in [2.45, 2.75) is 68.6 Å². The zero-order chi connectivity index (χ0) is 67.7. The summed E-state index contributed by atoms with van der Waals surface area (Å²) in [4.78, 5) is 101. The number of carboxylic acids is 3. The average Bonchev–Trinajstić information content (AvgIpc) is 0.798. The smallest absolute Gasteiger partial charge is 0.307 e. The maximum atomic E-state index is 14.5. The molecule has 4 aliphatic rings. The second kappa shape index (κ2) is 33.9. The molecule has 4 aromatic rings. The third kappa shape index (κ3) is 19.9. The summed E-state index contributed by atoms with van der Waals surface area (Å²) in [5.74, 6) is -12.4. The lowest BCUT2D eigenvalue weighted by molar-refractivity contribution is -0.153.